The van der Waals surface area contributed by atoms with Gasteiger partial charge in [-0.3, -0.25) is 19.3 Å². The molecule has 0 atom stereocenters. The summed E-state index contributed by atoms with van der Waals surface area (Å²) in [6.07, 6.45) is 1.13. The molecule has 19 heavy (non-hydrogen) atoms. The van der Waals surface area contributed by atoms with E-state index in [4.69, 9.17) is 4.74 Å². The lowest BCUT2D eigenvalue weighted by atomic mass is 10.2. The molecule has 1 N–H and O–H groups in total. The van der Waals surface area contributed by atoms with E-state index in [0.29, 0.717) is 13.2 Å². The molecule has 0 heterocycles. The van der Waals surface area contributed by atoms with Gasteiger partial charge in [0.1, 0.15) is 5.78 Å². The first-order valence-electron chi connectivity index (χ1n) is 6.63. The molecule has 0 bridgehead atoms. The number of amides is 1. The van der Waals surface area contributed by atoms with E-state index in [1.807, 2.05) is 6.92 Å². The van der Waals surface area contributed by atoms with Gasteiger partial charge < -0.3 is 10.1 Å². The molecule has 0 saturated heterocycles. The fourth-order valence-electron chi connectivity index (χ4n) is 1.62. The van der Waals surface area contributed by atoms with Crippen molar-refractivity contribution in [3.8, 4) is 0 Å². The molecule has 6 nitrogen and oxygen atoms in total. The zero-order chi connectivity index (χ0) is 14.7. The molecule has 0 aromatic rings. The Morgan fingerprint density at radius 3 is 2.32 bits per heavy atom. The molecule has 0 fully saturated rings. The summed E-state index contributed by atoms with van der Waals surface area (Å²) < 4.78 is 4.76. The summed E-state index contributed by atoms with van der Waals surface area (Å²) in [4.78, 5) is 35.9. The fourth-order valence-corrected chi connectivity index (χ4v) is 1.62. The summed E-state index contributed by atoms with van der Waals surface area (Å²) in [6.45, 7) is 5.12. The minimum Gasteiger partial charge on any atom is -0.466 e. The van der Waals surface area contributed by atoms with Crippen LogP contribution in [0, 0.1) is 0 Å². The van der Waals surface area contributed by atoms with Crippen molar-refractivity contribution in [3.05, 3.63) is 0 Å². The molecular formula is C13H24N2O4. The maximum absolute atomic E-state index is 11.7. The van der Waals surface area contributed by atoms with Crippen LogP contribution in [-0.4, -0.2) is 55.8 Å². The van der Waals surface area contributed by atoms with Gasteiger partial charge in [-0.25, -0.2) is 0 Å². The lowest BCUT2D eigenvalue weighted by Crippen LogP contribution is -2.39. The van der Waals surface area contributed by atoms with Gasteiger partial charge >= 0.3 is 5.97 Å². The number of carbonyl (C=O) groups excluding carboxylic acids is 3. The molecule has 0 aliphatic heterocycles. The van der Waals surface area contributed by atoms with E-state index in [2.05, 4.69) is 5.32 Å². The predicted molar refractivity (Wildman–Crippen MR) is 71.7 cm³/mol. The third-order valence-electron chi connectivity index (χ3n) is 2.50. The van der Waals surface area contributed by atoms with E-state index in [9.17, 15) is 14.4 Å². The highest BCUT2D eigenvalue weighted by atomic mass is 16.5. The lowest BCUT2D eigenvalue weighted by molar-refractivity contribution is -0.144. The van der Waals surface area contributed by atoms with E-state index in [1.54, 1.807) is 18.9 Å². The van der Waals surface area contributed by atoms with Crippen molar-refractivity contribution in [1.82, 2.24) is 10.2 Å². The minimum absolute atomic E-state index is 0.0505. The van der Waals surface area contributed by atoms with E-state index in [1.165, 1.54) is 0 Å². The third-order valence-corrected chi connectivity index (χ3v) is 2.50. The second-order valence-corrected chi connectivity index (χ2v) is 4.23. The highest BCUT2D eigenvalue weighted by Gasteiger charge is 2.14. The number of rotatable bonds is 10. The minimum atomic E-state index is -0.357. The number of carbonyl (C=O) groups is 3. The smallest absolute Gasteiger partial charge is 0.306 e. The lowest BCUT2D eigenvalue weighted by Gasteiger charge is -2.19. The van der Waals surface area contributed by atoms with Crippen LogP contribution in [0.4, 0.5) is 0 Å². The van der Waals surface area contributed by atoms with Gasteiger partial charge in [-0.1, -0.05) is 6.92 Å². The van der Waals surface area contributed by atoms with Crippen LogP contribution in [0.5, 0.6) is 0 Å². The highest BCUT2D eigenvalue weighted by molar-refractivity contribution is 5.85. The van der Waals surface area contributed by atoms with Crippen LogP contribution < -0.4 is 5.32 Å². The molecule has 6 heteroatoms. The second kappa shape index (κ2) is 10.5. The van der Waals surface area contributed by atoms with E-state index in [-0.39, 0.29) is 43.6 Å². The molecule has 110 valence electrons. The van der Waals surface area contributed by atoms with Crippen molar-refractivity contribution in [2.75, 3.05) is 33.3 Å². The van der Waals surface area contributed by atoms with Gasteiger partial charge in [-0.2, -0.15) is 0 Å². The Morgan fingerprint density at radius 1 is 1.11 bits per heavy atom. The normalized spacial score (nSPS) is 10.3. The molecule has 0 saturated carbocycles. The van der Waals surface area contributed by atoms with Gasteiger partial charge in [0.05, 0.1) is 26.1 Å². The Hall–Kier alpha value is -1.43. The number of Topliss-reactive ketones (excluding diaryl/α,β-unsaturated/α-hetero) is 1. The summed E-state index contributed by atoms with van der Waals surface area (Å²) in [5, 5.41) is 2.53. The summed E-state index contributed by atoms with van der Waals surface area (Å²) in [5.74, 6) is -0.527. The zero-order valence-electron chi connectivity index (χ0n) is 12.0. The summed E-state index contributed by atoms with van der Waals surface area (Å²) in [6, 6.07) is 0. The van der Waals surface area contributed by atoms with Crippen molar-refractivity contribution in [2.24, 2.45) is 0 Å². The molecule has 0 unspecified atom stereocenters. The molecule has 0 radical (unpaired) electrons. The maximum atomic E-state index is 11.7. The Bertz CT molecular complexity index is 305. The van der Waals surface area contributed by atoms with Crippen molar-refractivity contribution in [3.63, 3.8) is 0 Å². The van der Waals surface area contributed by atoms with Crippen molar-refractivity contribution >= 4 is 17.7 Å². The molecule has 0 aliphatic carbocycles. The van der Waals surface area contributed by atoms with Crippen molar-refractivity contribution < 1.29 is 19.1 Å². The average Bonchev–Trinajstić information content (AvgIpc) is 2.36. The topological polar surface area (TPSA) is 75.7 Å². The van der Waals surface area contributed by atoms with Crippen LogP contribution in [0.1, 0.15) is 33.1 Å². The van der Waals surface area contributed by atoms with Crippen LogP contribution in [-0.2, 0) is 19.1 Å². The Balaban J connectivity index is 4.08. The first kappa shape index (κ1) is 17.6. The maximum Gasteiger partial charge on any atom is 0.306 e. The number of nitrogens with zero attached hydrogens (tertiary/aromatic N) is 1. The van der Waals surface area contributed by atoms with Gasteiger partial charge in [0.15, 0.2) is 0 Å². The first-order valence-corrected chi connectivity index (χ1v) is 6.63. The monoisotopic (exact) mass is 272 g/mol. The van der Waals surface area contributed by atoms with E-state index < -0.39 is 0 Å². The van der Waals surface area contributed by atoms with E-state index >= 15 is 0 Å². The molecule has 0 aromatic heterocycles. The molecule has 0 aromatic carbocycles. The van der Waals surface area contributed by atoms with Crippen LogP contribution in [0.2, 0.25) is 0 Å². The predicted octanol–water partition coefficient (Wildman–Crippen LogP) is 0.357. The first-order chi connectivity index (χ1) is 9.03. The summed E-state index contributed by atoms with van der Waals surface area (Å²) in [7, 11) is 1.56. The van der Waals surface area contributed by atoms with Crippen LogP contribution in [0.3, 0.4) is 0 Å². The Labute approximate surface area is 114 Å². The Morgan fingerprint density at radius 2 is 1.79 bits per heavy atom. The molecular weight excluding hydrogens is 248 g/mol. The molecule has 0 rings (SSSR count). The van der Waals surface area contributed by atoms with Gasteiger partial charge in [0.2, 0.25) is 5.91 Å². The largest absolute Gasteiger partial charge is 0.466 e. The fraction of sp³-hybridized carbons (Fsp3) is 0.769. The number of hydrogen-bond acceptors (Lipinski definition) is 5. The highest BCUT2D eigenvalue weighted by Crippen LogP contribution is 1.99. The van der Waals surface area contributed by atoms with Crippen molar-refractivity contribution in [2.45, 2.75) is 33.1 Å². The molecule has 1 amide bonds. The SMILES string of the molecule is CCCN(CC(=O)CCC(=O)OCC)CC(=O)NC. The van der Waals surface area contributed by atoms with Crippen LogP contribution in [0.15, 0.2) is 0 Å². The molecule has 0 aliphatic rings. The number of hydrogen-bond donors (Lipinski definition) is 1. The number of likely N-dealkylation sites (N-methyl/N-ethyl adjacent to an activating group) is 1. The zero-order valence-corrected chi connectivity index (χ0v) is 12.0. The summed E-state index contributed by atoms with van der Waals surface area (Å²) >= 11 is 0. The van der Waals surface area contributed by atoms with Gasteiger partial charge in [0.25, 0.3) is 0 Å². The summed E-state index contributed by atoms with van der Waals surface area (Å²) in [5.41, 5.74) is 0. The third kappa shape index (κ3) is 9.18. The quantitative estimate of drug-likeness (QED) is 0.581. The van der Waals surface area contributed by atoms with Gasteiger partial charge in [-0.15, -0.1) is 0 Å². The van der Waals surface area contributed by atoms with Gasteiger partial charge in [0, 0.05) is 13.5 Å². The van der Waals surface area contributed by atoms with E-state index in [0.717, 1.165) is 6.42 Å². The molecule has 0 spiro atoms. The van der Waals surface area contributed by atoms with Crippen LogP contribution in [0.25, 0.3) is 0 Å². The van der Waals surface area contributed by atoms with Crippen molar-refractivity contribution in [1.29, 1.82) is 0 Å². The number of ketones is 1. The number of esters is 1. The number of ether oxygens (including phenoxy) is 1. The Kier molecular flexibility index (Phi) is 9.70. The van der Waals surface area contributed by atoms with Crippen LogP contribution >= 0.6 is 0 Å². The average molecular weight is 272 g/mol. The van der Waals surface area contributed by atoms with Gasteiger partial charge in [-0.05, 0) is 19.9 Å². The number of nitrogens with one attached hydrogen (secondary N) is 1. The standard InChI is InChI=1S/C13H24N2O4/c1-4-8-15(10-12(17)14-3)9-11(16)6-7-13(18)19-5-2/h4-10H2,1-3H3,(H,14,17). The second-order valence-electron chi connectivity index (χ2n) is 4.23.